The Bertz CT molecular complexity index is 3350. The molecule has 11 aromatic rings. The summed E-state index contributed by atoms with van der Waals surface area (Å²) in [6.07, 6.45) is 0. The van der Waals surface area contributed by atoms with Crippen molar-refractivity contribution in [3.63, 3.8) is 0 Å². The van der Waals surface area contributed by atoms with E-state index >= 15 is 0 Å². The first-order valence-electron chi connectivity index (χ1n) is 22.0. The van der Waals surface area contributed by atoms with Crippen LogP contribution in [0.3, 0.4) is 0 Å². The number of hydrogen-bond donors (Lipinski definition) is 0. The zero-order valence-electron chi connectivity index (χ0n) is 36.1. The first kappa shape index (κ1) is 40.2. The van der Waals surface area contributed by atoms with Crippen LogP contribution in [0.15, 0.2) is 237 Å². The van der Waals surface area contributed by atoms with E-state index in [-0.39, 0.29) is 0 Å². The average molecular weight is 858 g/mol. The van der Waals surface area contributed by atoms with Crippen LogP contribution in [0.25, 0.3) is 71.1 Å². The van der Waals surface area contributed by atoms with Crippen molar-refractivity contribution >= 4 is 67.3 Å². The normalized spacial score (nSPS) is 11.0. The lowest BCUT2D eigenvalue weighted by Gasteiger charge is -2.26. The van der Waals surface area contributed by atoms with Crippen molar-refractivity contribution in [2.45, 2.75) is 0 Å². The highest BCUT2D eigenvalue weighted by molar-refractivity contribution is 6.12. The van der Waals surface area contributed by atoms with Crippen molar-refractivity contribution in [1.82, 2.24) is 14.5 Å². The van der Waals surface area contributed by atoms with Gasteiger partial charge < -0.3 is 14.4 Å². The molecule has 0 atom stereocenters. The lowest BCUT2D eigenvalue weighted by Crippen LogP contribution is -2.09. The summed E-state index contributed by atoms with van der Waals surface area (Å²) in [5.74, 6) is 0.428. The molecule has 0 saturated heterocycles. The zero-order chi connectivity index (χ0) is 45.1. The molecule has 9 aromatic carbocycles. The molecule has 0 bridgehead atoms. The number of fused-ring (bicyclic) bond motifs is 3. The zero-order valence-corrected chi connectivity index (χ0v) is 36.1. The first-order valence-corrected chi connectivity index (χ1v) is 22.0. The maximum atomic E-state index is 7.90. The fraction of sp³-hybridized carbons (Fsp3) is 0. The van der Waals surface area contributed by atoms with E-state index in [1.54, 1.807) is 12.1 Å². The van der Waals surface area contributed by atoms with Crippen molar-refractivity contribution in [1.29, 1.82) is 0 Å². The third-order valence-corrected chi connectivity index (χ3v) is 12.0. The van der Waals surface area contributed by atoms with Crippen LogP contribution in [0.4, 0.5) is 45.5 Å². The highest BCUT2D eigenvalue weighted by Gasteiger charge is 2.21. The molecule has 0 amide bonds. The Balaban J connectivity index is 1.10. The van der Waals surface area contributed by atoms with Gasteiger partial charge in [-0.15, -0.1) is 0 Å². The maximum Gasteiger partial charge on any atom is 0.198 e. The van der Waals surface area contributed by atoms with Crippen molar-refractivity contribution in [3.05, 3.63) is 259 Å². The monoisotopic (exact) mass is 857 g/mol. The summed E-state index contributed by atoms with van der Waals surface area (Å²) in [4.78, 5) is 22.2. The molecule has 0 radical (unpaired) electrons. The molecule has 2 aromatic heterocycles. The standard InChI is InChI=1S/C60H39N7/c1-61-54-29-17-15-27-50(54)57-41-56(63-60(64-57)51-28-16-18-30-55(51)62-2)42-31-33-47(34-32-42)67-58-37-35-48(65(43-19-7-3-8-20-43)44-21-9-4-10-22-44)39-52(58)53-40-49(36-38-59(53)67)66(45-23-11-5-12-24-45)46-25-13-6-14-26-46/h3-41H. The summed E-state index contributed by atoms with van der Waals surface area (Å²) >= 11 is 0. The molecule has 0 N–H and O–H groups in total. The van der Waals surface area contributed by atoms with Gasteiger partial charge in [0, 0.05) is 67.3 Å². The summed E-state index contributed by atoms with van der Waals surface area (Å²) in [5.41, 5.74) is 14.0. The van der Waals surface area contributed by atoms with Gasteiger partial charge in [0.15, 0.2) is 11.4 Å². The number of benzene rings is 9. The van der Waals surface area contributed by atoms with Crippen LogP contribution in [0.2, 0.25) is 0 Å². The summed E-state index contributed by atoms with van der Waals surface area (Å²) < 4.78 is 2.33. The summed E-state index contributed by atoms with van der Waals surface area (Å²) in [7, 11) is 0. The minimum absolute atomic E-state index is 0.428. The molecule has 11 rings (SSSR count). The minimum atomic E-state index is 0.428. The Hall–Kier alpha value is -9.56. The Morgan fingerprint density at radius 3 is 1.22 bits per heavy atom. The van der Waals surface area contributed by atoms with E-state index in [1.165, 1.54) is 0 Å². The molecule has 314 valence electrons. The Kier molecular flexibility index (Phi) is 10.5. The Morgan fingerprint density at radius 1 is 0.358 bits per heavy atom. The molecule has 0 aliphatic carbocycles. The smallest absolute Gasteiger partial charge is 0.198 e. The highest BCUT2D eigenvalue weighted by Crippen LogP contribution is 2.43. The van der Waals surface area contributed by atoms with E-state index in [4.69, 9.17) is 23.1 Å². The Morgan fingerprint density at radius 2 is 0.761 bits per heavy atom. The van der Waals surface area contributed by atoms with Crippen LogP contribution in [0.5, 0.6) is 0 Å². The van der Waals surface area contributed by atoms with Crippen molar-refractivity contribution in [2.75, 3.05) is 9.80 Å². The second-order valence-corrected chi connectivity index (χ2v) is 16.0. The predicted molar refractivity (Wildman–Crippen MR) is 275 cm³/mol. The van der Waals surface area contributed by atoms with Gasteiger partial charge >= 0.3 is 0 Å². The number of anilines is 6. The van der Waals surface area contributed by atoms with Crippen LogP contribution in [0.1, 0.15) is 0 Å². The summed E-state index contributed by atoms with van der Waals surface area (Å²) in [5, 5.41) is 2.22. The van der Waals surface area contributed by atoms with E-state index in [9.17, 15) is 0 Å². The Labute approximate surface area is 389 Å². The summed E-state index contributed by atoms with van der Waals surface area (Å²) in [6.45, 7) is 15.8. The average Bonchev–Trinajstić information content (AvgIpc) is 3.73. The van der Waals surface area contributed by atoms with E-state index in [0.29, 0.717) is 39.7 Å². The molecule has 0 unspecified atom stereocenters. The van der Waals surface area contributed by atoms with Crippen LogP contribution in [-0.4, -0.2) is 14.5 Å². The molecular weight excluding hydrogens is 819 g/mol. The van der Waals surface area contributed by atoms with Gasteiger partial charge in [0.2, 0.25) is 0 Å². The maximum absolute atomic E-state index is 7.90. The van der Waals surface area contributed by atoms with Gasteiger partial charge in [-0.25, -0.2) is 19.7 Å². The number of aromatic nitrogens is 3. The number of para-hydroxylation sites is 6. The largest absolute Gasteiger partial charge is 0.310 e. The van der Waals surface area contributed by atoms with Crippen molar-refractivity contribution in [3.8, 4) is 39.6 Å². The van der Waals surface area contributed by atoms with Crippen LogP contribution in [-0.2, 0) is 0 Å². The second-order valence-electron chi connectivity index (χ2n) is 16.0. The van der Waals surface area contributed by atoms with E-state index < -0.39 is 0 Å². The van der Waals surface area contributed by atoms with Gasteiger partial charge in [0.05, 0.1) is 35.6 Å². The minimum Gasteiger partial charge on any atom is -0.310 e. The van der Waals surface area contributed by atoms with Gasteiger partial charge in [-0.1, -0.05) is 133 Å². The molecule has 7 heteroatoms. The fourth-order valence-corrected chi connectivity index (χ4v) is 8.94. The van der Waals surface area contributed by atoms with Crippen LogP contribution >= 0.6 is 0 Å². The molecular formula is C60H39N7. The molecule has 0 saturated carbocycles. The lowest BCUT2D eigenvalue weighted by atomic mass is 10.0. The lowest BCUT2D eigenvalue weighted by molar-refractivity contribution is 1.17. The molecule has 7 nitrogen and oxygen atoms in total. The van der Waals surface area contributed by atoms with Crippen molar-refractivity contribution in [2.24, 2.45) is 0 Å². The van der Waals surface area contributed by atoms with Gasteiger partial charge in [-0.2, -0.15) is 0 Å². The van der Waals surface area contributed by atoms with Gasteiger partial charge in [0.25, 0.3) is 0 Å². The van der Waals surface area contributed by atoms with E-state index in [2.05, 4.69) is 182 Å². The highest BCUT2D eigenvalue weighted by atomic mass is 15.1. The molecule has 0 aliphatic heterocycles. The van der Waals surface area contributed by atoms with E-state index in [1.807, 2.05) is 66.7 Å². The molecule has 0 aliphatic rings. The quantitative estimate of drug-likeness (QED) is 0.129. The van der Waals surface area contributed by atoms with Crippen molar-refractivity contribution < 1.29 is 0 Å². The predicted octanol–water partition coefficient (Wildman–Crippen LogP) is 16.6. The SMILES string of the molecule is [C-]#[N+]c1ccccc1-c1cc(-c2ccc(-n3c4ccc(N(c5ccccc5)c5ccccc5)cc4c4cc(N(c5ccccc5)c5ccccc5)ccc43)cc2)nc(-c2ccccc2[N+]#[C-])n1. The van der Waals surface area contributed by atoms with Gasteiger partial charge in [-0.3, -0.25) is 0 Å². The molecule has 0 spiro atoms. The number of rotatable bonds is 10. The van der Waals surface area contributed by atoms with Gasteiger partial charge in [-0.05, 0) is 103 Å². The van der Waals surface area contributed by atoms with E-state index in [0.717, 1.165) is 67.2 Å². The third-order valence-electron chi connectivity index (χ3n) is 12.0. The van der Waals surface area contributed by atoms with Gasteiger partial charge in [0.1, 0.15) is 5.82 Å². The molecule has 0 fully saturated rings. The topological polar surface area (TPSA) is 45.9 Å². The molecule has 67 heavy (non-hydrogen) atoms. The number of hydrogen-bond acceptors (Lipinski definition) is 4. The molecule has 2 heterocycles. The second kappa shape index (κ2) is 17.5. The third kappa shape index (κ3) is 7.59. The number of nitrogens with zero attached hydrogens (tertiary/aromatic N) is 7. The van der Waals surface area contributed by atoms with Crippen LogP contribution < -0.4 is 9.80 Å². The summed E-state index contributed by atoms with van der Waals surface area (Å²) in [6, 6.07) is 80.7. The fourth-order valence-electron chi connectivity index (χ4n) is 8.94. The van der Waals surface area contributed by atoms with Crippen LogP contribution in [0, 0.1) is 13.1 Å². The first-order chi connectivity index (χ1) is 33.1.